The van der Waals surface area contributed by atoms with Gasteiger partial charge in [0.2, 0.25) is 5.91 Å². The Balaban J connectivity index is 1.64. The fourth-order valence-electron chi connectivity index (χ4n) is 4.07. The molecule has 1 N–H and O–H groups in total. The predicted molar refractivity (Wildman–Crippen MR) is 87.6 cm³/mol. The molecule has 2 aliphatic rings. The number of nitrogens with one attached hydrogen (secondary N) is 1. The van der Waals surface area contributed by atoms with Crippen LogP contribution in [0.5, 0.6) is 0 Å². The minimum Gasteiger partial charge on any atom is -0.352 e. The Hall–Kier alpha value is -1.42. The van der Waals surface area contributed by atoms with Crippen LogP contribution >= 0.6 is 0 Å². The fourth-order valence-corrected chi connectivity index (χ4v) is 4.07. The number of nitrogens with zero attached hydrogens (tertiary/aromatic N) is 2. The van der Waals surface area contributed by atoms with Gasteiger partial charge in [-0.25, -0.2) is 0 Å². The fraction of sp³-hybridized carbons (Fsp3) is 0.667. The second kappa shape index (κ2) is 6.78. The third kappa shape index (κ3) is 3.17. The average Bonchev–Trinajstić information content (AvgIpc) is 3.20. The maximum atomic E-state index is 13.0. The van der Waals surface area contributed by atoms with Gasteiger partial charge in [0.1, 0.15) is 5.54 Å². The van der Waals surface area contributed by atoms with Crippen LogP contribution in [0, 0.1) is 0 Å². The topological polar surface area (TPSA) is 45.2 Å². The summed E-state index contributed by atoms with van der Waals surface area (Å²) in [5.41, 5.74) is 0.955. The summed E-state index contributed by atoms with van der Waals surface area (Å²) in [6.45, 7) is 4.27. The van der Waals surface area contributed by atoms with Crippen molar-refractivity contribution in [3.63, 3.8) is 0 Å². The van der Waals surface area contributed by atoms with Gasteiger partial charge >= 0.3 is 0 Å². The van der Waals surface area contributed by atoms with Gasteiger partial charge in [-0.2, -0.15) is 0 Å². The third-order valence-electron chi connectivity index (χ3n) is 5.21. The molecule has 22 heavy (non-hydrogen) atoms. The maximum Gasteiger partial charge on any atom is 0.240 e. The van der Waals surface area contributed by atoms with Crippen molar-refractivity contribution in [1.29, 1.82) is 0 Å². The molecule has 2 fully saturated rings. The molecule has 1 aliphatic carbocycles. The zero-order valence-corrected chi connectivity index (χ0v) is 13.6. The van der Waals surface area contributed by atoms with Gasteiger partial charge in [0.25, 0.3) is 0 Å². The summed E-state index contributed by atoms with van der Waals surface area (Å²) >= 11 is 0. The van der Waals surface area contributed by atoms with Crippen LogP contribution in [0.1, 0.15) is 51.0 Å². The summed E-state index contributed by atoms with van der Waals surface area (Å²) in [4.78, 5) is 19.6. The number of hydrogen-bond donors (Lipinski definition) is 1. The Morgan fingerprint density at radius 1 is 1.32 bits per heavy atom. The molecule has 4 nitrogen and oxygen atoms in total. The molecular weight excluding hydrogens is 274 g/mol. The molecule has 1 atom stereocenters. The molecule has 120 valence electrons. The van der Waals surface area contributed by atoms with Crippen molar-refractivity contribution in [3.8, 4) is 0 Å². The van der Waals surface area contributed by atoms with Crippen LogP contribution in [-0.2, 0) is 11.2 Å². The standard InChI is InChI=1S/C18H27N3O/c1-15(13-16-7-6-10-19-14-16)20-17(22)18(8-2-3-9-18)21-11-4-5-12-21/h6-7,10,14-15H,2-5,8-9,11-13H2,1H3,(H,20,22)/t15-/m0/s1. The second-order valence-electron chi connectivity index (χ2n) is 6.87. The first-order valence-electron chi connectivity index (χ1n) is 8.66. The molecule has 0 unspecified atom stereocenters. The van der Waals surface area contributed by atoms with E-state index in [1.54, 1.807) is 6.20 Å². The number of hydrogen-bond acceptors (Lipinski definition) is 3. The monoisotopic (exact) mass is 301 g/mol. The van der Waals surface area contributed by atoms with E-state index in [1.165, 1.54) is 31.2 Å². The summed E-state index contributed by atoms with van der Waals surface area (Å²) in [5.74, 6) is 0.253. The highest BCUT2D eigenvalue weighted by Crippen LogP contribution is 2.37. The van der Waals surface area contributed by atoms with Crippen molar-refractivity contribution < 1.29 is 4.79 Å². The summed E-state index contributed by atoms with van der Waals surface area (Å²) in [6, 6.07) is 4.17. The van der Waals surface area contributed by atoms with Crippen molar-refractivity contribution in [2.24, 2.45) is 0 Å². The van der Waals surface area contributed by atoms with E-state index in [-0.39, 0.29) is 17.5 Å². The van der Waals surface area contributed by atoms with Crippen LogP contribution in [0.15, 0.2) is 24.5 Å². The lowest BCUT2D eigenvalue weighted by atomic mass is 9.93. The van der Waals surface area contributed by atoms with Gasteiger partial charge in [0.15, 0.2) is 0 Å². The quantitative estimate of drug-likeness (QED) is 0.909. The van der Waals surface area contributed by atoms with Gasteiger partial charge in [0.05, 0.1) is 0 Å². The predicted octanol–water partition coefficient (Wildman–Crippen LogP) is 2.54. The van der Waals surface area contributed by atoms with E-state index in [0.29, 0.717) is 0 Å². The van der Waals surface area contributed by atoms with E-state index >= 15 is 0 Å². The first-order valence-corrected chi connectivity index (χ1v) is 8.66. The molecule has 3 rings (SSSR count). The maximum absolute atomic E-state index is 13.0. The summed E-state index contributed by atoms with van der Waals surface area (Å²) in [7, 11) is 0. The van der Waals surface area contributed by atoms with Crippen molar-refractivity contribution in [1.82, 2.24) is 15.2 Å². The Kier molecular flexibility index (Phi) is 4.77. The molecule has 0 radical (unpaired) electrons. The van der Waals surface area contributed by atoms with E-state index in [4.69, 9.17) is 0 Å². The van der Waals surface area contributed by atoms with Crippen molar-refractivity contribution in [2.75, 3.05) is 13.1 Å². The number of likely N-dealkylation sites (tertiary alicyclic amines) is 1. The van der Waals surface area contributed by atoms with E-state index < -0.39 is 0 Å². The average molecular weight is 301 g/mol. The highest BCUT2D eigenvalue weighted by Gasteiger charge is 2.46. The second-order valence-corrected chi connectivity index (χ2v) is 6.87. The van der Waals surface area contributed by atoms with E-state index in [0.717, 1.165) is 32.4 Å². The smallest absolute Gasteiger partial charge is 0.240 e. The SMILES string of the molecule is C[C@@H](Cc1cccnc1)NC(=O)C1(N2CCCC2)CCCC1. The lowest BCUT2D eigenvalue weighted by Gasteiger charge is -2.38. The summed E-state index contributed by atoms with van der Waals surface area (Å²) < 4.78 is 0. The number of rotatable bonds is 5. The van der Waals surface area contributed by atoms with Gasteiger partial charge in [0, 0.05) is 18.4 Å². The van der Waals surface area contributed by atoms with Crippen LogP contribution in [0.3, 0.4) is 0 Å². The number of aromatic nitrogens is 1. The Morgan fingerprint density at radius 2 is 2.05 bits per heavy atom. The highest BCUT2D eigenvalue weighted by atomic mass is 16.2. The Morgan fingerprint density at radius 3 is 2.68 bits per heavy atom. The molecule has 0 aromatic carbocycles. The number of carbonyl (C=O) groups excluding carboxylic acids is 1. The number of amides is 1. The highest BCUT2D eigenvalue weighted by molar-refractivity contribution is 5.87. The zero-order chi connectivity index (χ0) is 15.4. The van der Waals surface area contributed by atoms with E-state index in [2.05, 4.69) is 28.2 Å². The lowest BCUT2D eigenvalue weighted by molar-refractivity contribution is -0.133. The van der Waals surface area contributed by atoms with E-state index in [1.807, 2.05) is 12.3 Å². The van der Waals surface area contributed by atoms with E-state index in [9.17, 15) is 4.79 Å². The van der Waals surface area contributed by atoms with Crippen molar-refractivity contribution in [3.05, 3.63) is 30.1 Å². The van der Waals surface area contributed by atoms with Gasteiger partial charge in [-0.1, -0.05) is 18.9 Å². The molecule has 0 spiro atoms. The molecule has 2 heterocycles. The Labute approximate surface area is 133 Å². The number of pyridine rings is 1. The zero-order valence-electron chi connectivity index (χ0n) is 13.6. The first kappa shape index (κ1) is 15.5. The molecule has 0 bridgehead atoms. The van der Waals surface area contributed by atoms with Crippen LogP contribution in [0.25, 0.3) is 0 Å². The molecule has 1 saturated carbocycles. The summed E-state index contributed by atoms with van der Waals surface area (Å²) in [6.07, 6.45) is 11.4. The number of carbonyl (C=O) groups is 1. The van der Waals surface area contributed by atoms with Crippen molar-refractivity contribution >= 4 is 5.91 Å². The van der Waals surface area contributed by atoms with Crippen LogP contribution in [-0.4, -0.2) is 40.5 Å². The molecule has 1 saturated heterocycles. The van der Waals surface area contributed by atoms with Gasteiger partial charge in [-0.3, -0.25) is 14.7 Å². The van der Waals surface area contributed by atoms with Crippen LogP contribution in [0.4, 0.5) is 0 Å². The Bertz CT molecular complexity index is 490. The normalized spacial score (nSPS) is 22.6. The lowest BCUT2D eigenvalue weighted by Crippen LogP contribution is -2.58. The summed E-state index contributed by atoms with van der Waals surface area (Å²) in [5, 5.41) is 3.28. The molecule has 1 aromatic rings. The van der Waals surface area contributed by atoms with Crippen LogP contribution in [0.2, 0.25) is 0 Å². The van der Waals surface area contributed by atoms with Crippen molar-refractivity contribution in [2.45, 2.75) is 63.5 Å². The van der Waals surface area contributed by atoms with Gasteiger partial charge < -0.3 is 5.32 Å². The molecule has 1 amide bonds. The minimum atomic E-state index is -0.223. The van der Waals surface area contributed by atoms with Gasteiger partial charge in [-0.15, -0.1) is 0 Å². The first-order chi connectivity index (χ1) is 10.7. The third-order valence-corrected chi connectivity index (χ3v) is 5.21. The molecular formula is C18H27N3O. The largest absolute Gasteiger partial charge is 0.352 e. The molecule has 4 heteroatoms. The molecule has 1 aliphatic heterocycles. The molecule has 1 aromatic heterocycles. The minimum absolute atomic E-state index is 0.150. The van der Waals surface area contributed by atoms with Gasteiger partial charge in [-0.05, 0) is 63.7 Å². The van der Waals surface area contributed by atoms with Crippen LogP contribution < -0.4 is 5.32 Å².